The summed E-state index contributed by atoms with van der Waals surface area (Å²) in [6, 6.07) is -0.653. The molecule has 0 saturated heterocycles. The van der Waals surface area contributed by atoms with Gasteiger partial charge in [0, 0.05) is 6.42 Å². The highest BCUT2D eigenvalue weighted by Crippen LogP contribution is 2.12. The summed E-state index contributed by atoms with van der Waals surface area (Å²) >= 11 is 0. The molecule has 0 aromatic rings. The molecule has 0 rings (SSSR count). The number of carbonyl (C=O) groups excluding carboxylic acids is 1. The van der Waals surface area contributed by atoms with Gasteiger partial charge in [-0.1, -0.05) is 188 Å². The fourth-order valence-corrected chi connectivity index (χ4v) is 5.78. The van der Waals surface area contributed by atoms with Crippen LogP contribution in [0, 0.1) is 0 Å². The summed E-state index contributed by atoms with van der Waals surface area (Å²) in [5.41, 5.74) is 0. The van der Waals surface area contributed by atoms with Crippen LogP contribution in [0.2, 0.25) is 0 Å². The fraction of sp³-hybridized carbons (Fsp3) is 0.646. The molecule has 0 aliphatic rings. The quantitative estimate of drug-likeness (QED) is 0.0442. The smallest absolute Gasteiger partial charge is 0.220 e. The molecule has 2 unspecified atom stereocenters. The number of rotatable bonds is 37. The number of hydrogen-bond donors (Lipinski definition) is 3. The molecular weight excluding hydrogens is 639 g/mol. The molecule has 0 aliphatic heterocycles. The van der Waals surface area contributed by atoms with Gasteiger partial charge in [0.1, 0.15) is 0 Å². The first-order valence-electron chi connectivity index (χ1n) is 21.5. The highest BCUT2D eigenvalue weighted by atomic mass is 16.3. The second kappa shape index (κ2) is 42.7. The first kappa shape index (κ1) is 49.3. The Morgan fingerprint density at radius 1 is 0.481 bits per heavy atom. The first-order valence-corrected chi connectivity index (χ1v) is 21.5. The van der Waals surface area contributed by atoms with Gasteiger partial charge in [-0.3, -0.25) is 4.79 Å². The van der Waals surface area contributed by atoms with Gasteiger partial charge in [0.25, 0.3) is 0 Å². The molecule has 4 nitrogen and oxygen atoms in total. The lowest BCUT2D eigenvalue weighted by molar-refractivity contribution is -0.123. The average molecular weight is 720 g/mol. The number of allylic oxidation sites excluding steroid dienone is 15. The van der Waals surface area contributed by atoms with Crippen molar-refractivity contribution in [3.05, 3.63) is 97.2 Å². The fourth-order valence-electron chi connectivity index (χ4n) is 5.78. The van der Waals surface area contributed by atoms with Crippen LogP contribution in [0.25, 0.3) is 0 Å². The summed E-state index contributed by atoms with van der Waals surface area (Å²) in [7, 11) is 0. The van der Waals surface area contributed by atoms with E-state index in [4.69, 9.17) is 0 Å². The van der Waals surface area contributed by atoms with Gasteiger partial charge in [-0.2, -0.15) is 0 Å². The third kappa shape index (κ3) is 38.5. The number of aliphatic hydroxyl groups excluding tert-OH is 2. The van der Waals surface area contributed by atoms with Gasteiger partial charge in [-0.15, -0.1) is 0 Å². The van der Waals surface area contributed by atoms with Crippen molar-refractivity contribution in [1.29, 1.82) is 0 Å². The summed E-state index contributed by atoms with van der Waals surface area (Å²) in [5, 5.41) is 22.9. The molecule has 3 N–H and O–H groups in total. The topological polar surface area (TPSA) is 69.6 Å². The third-order valence-electron chi connectivity index (χ3n) is 9.05. The Hall–Kier alpha value is -2.69. The van der Waals surface area contributed by atoms with Crippen molar-refractivity contribution in [3.8, 4) is 0 Å². The van der Waals surface area contributed by atoms with Crippen molar-refractivity contribution in [2.24, 2.45) is 0 Å². The maximum absolute atomic E-state index is 12.4. The Morgan fingerprint density at radius 2 is 0.865 bits per heavy atom. The maximum Gasteiger partial charge on any atom is 0.220 e. The van der Waals surface area contributed by atoms with E-state index in [1.165, 1.54) is 77.0 Å². The lowest BCUT2D eigenvalue weighted by atomic mass is 10.1. The van der Waals surface area contributed by atoms with E-state index in [9.17, 15) is 15.0 Å². The molecule has 52 heavy (non-hydrogen) atoms. The summed E-state index contributed by atoms with van der Waals surface area (Å²) < 4.78 is 0. The molecule has 0 aromatic carbocycles. The second-order valence-corrected chi connectivity index (χ2v) is 14.0. The van der Waals surface area contributed by atoms with Crippen LogP contribution in [0.3, 0.4) is 0 Å². The van der Waals surface area contributed by atoms with Crippen LogP contribution in [0.15, 0.2) is 97.2 Å². The summed E-state index contributed by atoms with van der Waals surface area (Å²) in [6.45, 7) is 4.16. The van der Waals surface area contributed by atoms with Crippen LogP contribution in [-0.4, -0.2) is 34.9 Å². The van der Waals surface area contributed by atoms with Crippen LogP contribution < -0.4 is 5.32 Å². The molecule has 0 spiro atoms. The zero-order valence-corrected chi connectivity index (χ0v) is 33.8. The average Bonchev–Trinajstić information content (AvgIpc) is 3.15. The molecule has 0 heterocycles. The molecule has 4 heteroatoms. The zero-order chi connectivity index (χ0) is 37.8. The van der Waals surface area contributed by atoms with Crippen LogP contribution in [0.1, 0.15) is 181 Å². The molecule has 0 saturated carbocycles. The van der Waals surface area contributed by atoms with Crippen LogP contribution >= 0.6 is 0 Å². The Balaban J connectivity index is 3.71. The predicted molar refractivity (Wildman–Crippen MR) is 230 cm³/mol. The number of aliphatic hydroxyl groups is 2. The minimum Gasteiger partial charge on any atom is -0.394 e. The lowest BCUT2D eigenvalue weighted by Gasteiger charge is -2.19. The largest absolute Gasteiger partial charge is 0.394 e. The van der Waals surface area contributed by atoms with Gasteiger partial charge in [0.05, 0.1) is 18.8 Å². The van der Waals surface area contributed by atoms with Gasteiger partial charge < -0.3 is 15.5 Å². The van der Waals surface area contributed by atoms with Gasteiger partial charge >= 0.3 is 0 Å². The van der Waals surface area contributed by atoms with E-state index in [1.807, 2.05) is 6.08 Å². The Bertz CT molecular complexity index is 999. The number of nitrogens with one attached hydrogen (secondary N) is 1. The van der Waals surface area contributed by atoms with Crippen molar-refractivity contribution < 1.29 is 15.0 Å². The van der Waals surface area contributed by atoms with E-state index in [0.29, 0.717) is 6.42 Å². The number of hydrogen-bond acceptors (Lipinski definition) is 3. The number of amides is 1. The van der Waals surface area contributed by atoms with Crippen molar-refractivity contribution in [1.82, 2.24) is 5.32 Å². The van der Waals surface area contributed by atoms with Crippen molar-refractivity contribution in [2.45, 2.75) is 193 Å². The number of unbranched alkanes of at least 4 members (excludes halogenated alkanes) is 16. The SMILES string of the molecule is CC/C=C\C/C=C\C/C=C\C/C=C\C/C=C\C/C=C\CCCCCCCCC(=O)NC(CO)C(O)/C=C/CC/C=C/CCCCCCCCCCC. The van der Waals surface area contributed by atoms with Gasteiger partial charge in [0.2, 0.25) is 5.91 Å². The standard InChI is InChI=1S/C48H81NO3/c1-3-5-7-9-11-13-15-17-19-20-21-22-23-24-25-26-27-28-30-32-34-36-38-40-42-44-48(52)49-46(45-50)47(51)43-41-39-37-35-33-31-29-18-16-14-12-10-8-6-4-2/h5,7,11,13,17,19,21-22,24-25,27-28,33,35,41,43,46-47,50-51H,3-4,6,8-10,12,14-16,18,20,23,26,29-32,34,36-40,42,44-45H2,1-2H3,(H,49,52)/b7-5-,13-11-,19-17-,22-21-,25-24-,28-27-,35-33+,43-41+. The maximum atomic E-state index is 12.4. The van der Waals surface area contributed by atoms with Crippen LogP contribution in [0.5, 0.6) is 0 Å². The monoisotopic (exact) mass is 720 g/mol. The Kier molecular flexibility index (Phi) is 40.5. The van der Waals surface area contributed by atoms with Crippen molar-refractivity contribution in [3.63, 3.8) is 0 Å². The first-order chi connectivity index (χ1) is 25.7. The molecule has 296 valence electrons. The van der Waals surface area contributed by atoms with Gasteiger partial charge in [0.15, 0.2) is 0 Å². The molecule has 0 aromatic heterocycles. The zero-order valence-electron chi connectivity index (χ0n) is 33.8. The summed E-state index contributed by atoms with van der Waals surface area (Å²) in [4.78, 5) is 12.4. The molecule has 2 atom stereocenters. The van der Waals surface area contributed by atoms with Crippen molar-refractivity contribution >= 4 is 5.91 Å². The Labute approximate surface area is 322 Å². The summed E-state index contributed by atoms with van der Waals surface area (Å²) in [5.74, 6) is -0.0939. The molecule has 0 fully saturated rings. The highest BCUT2D eigenvalue weighted by molar-refractivity contribution is 5.76. The lowest BCUT2D eigenvalue weighted by Crippen LogP contribution is -2.45. The second-order valence-electron chi connectivity index (χ2n) is 14.0. The molecular formula is C48H81NO3. The predicted octanol–water partition coefficient (Wildman–Crippen LogP) is 13.5. The minimum atomic E-state index is -0.874. The molecule has 0 bridgehead atoms. The van der Waals surface area contributed by atoms with E-state index >= 15 is 0 Å². The molecule has 0 aliphatic carbocycles. The van der Waals surface area contributed by atoms with E-state index in [2.05, 4.69) is 104 Å². The summed E-state index contributed by atoms with van der Waals surface area (Å²) in [6.07, 6.45) is 63.6. The highest BCUT2D eigenvalue weighted by Gasteiger charge is 2.17. The van der Waals surface area contributed by atoms with E-state index in [0.717, 1.165) is 83.5 Å². The molecule has 1 amide bonds. The van der Waals surface area contributed by atoms with E-state index in [1.54, 1.807) is 6.08 Å². The van der Waals surface area contributed by atoms with E-state index in [-0.39, 0.29) is 12.5 Å². The minimum absolute atomic E-state index is 0.0939. The molecule has 0 radical (unpaired) electrons. The Morgan fingerprint density at radius 3 is 1.35 bits per heavy atom. The van der Waals surface area contributed by atoms with Gasteiger partial charge in [-0.05, 0) is 83.5 Å². The van der Waals surface area contributed by atoms with Crippen LogP contribution in [0.4, 0.5) is 0 Å². The van der Waals surface area contributed by atoms with E-state index < -0.39 is 12.1 Å². The normalized spacial score (nSPS) is 14.0. The van der Waals surface area contributed by atoms with Crippen LogP contribution in [-0.2, 0) is 4.79 Å². The van der Waals surface area contributed by atoms with Crippen molar-refractivity contribution in [2.75, 3.05) is 6.61 Å². The third-order valence-corrected chi connectivity index (χ3v) is 9.05. The van der Waals surface area contributed by atoms with Gasteiger partial charge in [-0.25, -0.2) is 0 Å². The number of carbonyl (C=O) groups is 1.